The second kappa shape index (κ2) is 9.66. The summed E-state index contributed by atoms with van der Waals surface area (Å²) in [6, 6.07) is 22.2. The van der Waals surface area contributed by atoms with Crippen LogP contribution in [0.15, 0.2) is 83.8 Å². The maximum atomic E-state index is 13.3. The van der Waals surface area contributed by atoms with Crippen molar-refractivity contribution in [2.24, 2.45) is 0 Å². The van der Waals surface area contributed by atoms with Gasteiger partial charge in [0.05, 0.1) is 23.7 Å². The molecule has 0 spiro atoms. The SMILES string of the molecule is COc1ccccc1[C@@H](C)NC(=O)CN(c1ccc(C)cc1)S(=O)(=O)c1ccccc1. The lowest BCUT2D eigenvalue weighted by Crippen LogP contribution is -2.41. The number of amides is 1. The van der Waals surface area contributed by atoms with Gasteiger partial charge in [-0.15, -0.1) is 0 Å². The van der Waals surface area contributed by atoms with Crippen molar-refractivity contribution in [3.05, 3.63) is 90.0 Å². The molecular weight excluding hydrogens is 412 g/mol. The van der Waals surface area contributed by atoms with Gasteiger partial charge in [-0.05, 0) is 44.2 Å². The van der Waals surface area contributed by atoms with Crippen LogP contribution in [0.4, 0.5) is 5.69 Å². The molecule has 0 radical (unpaired) electrons. The molecule has 0 saturated carbocycles. The van der Waals surface area contributed by atoms with E-state index in [4.69, 9.17) is 4.74 Å². The fraction of sp³-hybridized carbons (Fsp3) is 0.208. The molecule has 1 atom stereocenters. The number of para-hydroxylation sites is 1. The van der Waals surface area contributed by atoms with Gasteiger partial charge < -0.3 is 10.1 Å². The molecule has 3 aromatic carbocycles. The topological polar surface area (TPSA) is 75.7 Å². The highest BCUT2D eigenvalue weighted by atomic mass is 32.2. The first kappa shape index (κ1) is 22.4. The maximum absolute atomic E-state index is 13.3. The van der Waals surface area contributed by atoms with Crippen LogP contribution in [-0.4, -0.2) is 28.0 Å². The number of carbonyl (C=O) groups excluding carboxylic acids is 1. The quantitative estimate of drug-likeness (QED) is 0.575. The van der Waals surface area contributed by atoms with Gasteiger partial charge in [0, 0.05) is 5.56 Å². The van der Waals surface area contributed by atoms with Crippen LogP contribution in [0.2, 0.25) is 0 Å². The molecule has 3 aromatic rings. The van der Waals surface area contributed by atoms with Gasteiger partial charge in [0.2, 0.25) is 5.91 Å². The third-order valence-corrected chi connectivity index (χ3v) is 6.71. The van der Waals surface area contributed by atoms with E-state index < -0.39 is 15.9 Å². The monoisotopic (exact) mass is 438 g/mol. The molecule has 0 saturated heterocycles. The third-order valence-electron chi connectivity index (χ3n) is 4.92. The first-order valence-corrected chi connectivity index (χ1v) is 11.3. The average molecular weight is 439 g/mol. The average Bonchev–Trinajstić information content (AvgIpc) is 2.78. The van der Waals surface area contributed by atoms with Gasteiger partial charge in [-0.25, -0.2) is 8.42 Å². The number of methoxy groups -OCH3 is 1. The van der Waals surface area contributed by atoms with E-state index in [0.717, 1.165) is 15.4 Å². The van der Waals surface area contributed by atoms with E-state index in [9.17, 15) is 13.2 Å². The molecule has 0 aliphatic carbocycles. The van der Waals surface area contributed by atoms with Crippen LogP contribution >= 0.6 is 0 Å². The molecule has 0 bridgehead atoms. The van der Waals surface area contributed by atoms with Crippen LogP contribution in [0.3, 0.4) is 0 Å². The van der Waals surface area contributed by atoms with Crippen molar-refractivity contribution in [3.63, 3.8) is 0 Å². The third kappa shape index (κ3) is 5.24. The summed E-state index contributed by atoms with van der Waals surface area (Å²) in [5.74, 6) is 0.237. The summed E-state index contributed by atoms with van der Waals surface area (Å²) in [6.45, 7) is 3.40. The van der Waals surface area contributed by atoms with Crippen molar-refractivity contribution in [2.45, 2.75) is 24.8 Å². The van der Waals surface area contributed by atoms with Gasteiger partial charge in [0.25, 0.3) is 10.0 Å². The molecule has 6 nitrogen and oxygen atoms in total. The Morgan fingerprint density at radius 1 is 0.968 bits per heavy atom. The summed E-state index contributed by atoms with van der Waals surface area (Å²) in [5, 5.41) is 2.88. The fourth-order valence-corrected chi connectivity index (χ4v) is 4.71. The minimum atomic E-state index is -3.93. The Morgan fingerprint density at radius 2 is 1.58 bits per heavy atom. The second-order valence-corrected chi connectivity index (χ2v) is 9.05. The Kier molecular flexibility index (Phi) is 6.97. The lowest BCUT2D eigenvalue weighted by molar-refractivity contribution is -0.120. The van der Waals surface area contributed by atoms with E-state index in [2.05, 4.69) is 5.32 Å². The fourth-order valence-electron chi connectivity index (χ4n) is 3.27. The zero-order valence-corrected chi connectivity index (χ0v) is 18.6. The second-order valence-electron chi connectivity index (χ2n) is 7.19. The van der Waals surface area contributed by atoms with Crippen LogP contribution < -0.4 is 14.4 Å². The number of sulfonamides is 1. The number of benzene rings is 3. The largest absolute Gasteiger partial charge is 0.496 e. The van der Waals surface area contributed by atoms with Crippen LogP contribution in [0, 0.1) is 6.92 Å². The Balaban J connectivity index is 1.88. The van der Waals surface area contributed by atoms with Crippen molar-refractivity contribution in [3.8, 4) is 5.75 Å². The highest BCUT2D eigenvalue weighted by molar-refractivity contribution is 7.92. The Bertz CT molecular complexity index is 1130. The van der Waals surface area contributed by atoms with Gasteiger partial charge in [-0.1, -0.05) is 54.1 Å². The minimum Gasteiger partial charge on any atom is -0.496 e. The Labute approximate surface area is 183 Å². The number of carbonyl (C=O) groups is 1. The van der Waals surface area contributed by atoms with E-state index in [0.29, 0.717) is 11.4 Å². The number of aryl methyl sites for hydroxylation is 1. The Morgan fingerprint density at radius 3 is 2.23 bits per heavy atom. The van der Waals surface area contributed by atoms with Crippen molar-refractivity contribution >= 4 is 21.6 Å². The van der Waals surface area contributed by atoms with Gasteiger partial charge in [0.1, 0.15) is 12.3 Å². The minimum absolute atomic E-state index is 0.126. The van der Waals surface area contributed by atoms with Crippen molar-refractivity contribution in [1.29, 1.82) is 0 Å². The molecule has 0 aliphatic heterocycles. The zero-order valence-electron chi connectivity index (χ0n) is 17.8. The summed E-state index contributed by atoms with van der Waals surface area (Å²) in [4.78, 5) is 13.0. The predicted molar refractivity (Wildman–Crippen MR) is 122 cm³/mol. The number of ether oxygens (including phenoxy) is 1. The molecule has 0 fully saturated rings. The molecule has 0 unspecified atom stereocenters. The molecular formula is C24H26N2O4S. The van der Waals surface area contributed by atoms with Crippen LogP contribution in [-0.2, 0) is 14.8 Å². The molecule has 0 heterocycles. The van der Waals surface area contributed by atoms with Crippen molar-refractivity contribution < 1.29 is 17.9 Å². The number of hydrogen-bond acceptors (Lipinski definition) is 4. The first-order valence-electron chi connectivity index (χ1n) is 9.89. The molecule has 7 heteroatoms. The molecule has 0 aliphatic rings. The van der Waals surface area contributed by atoms with Gasteiger partial charge in [0.15, 0.2) is 0 Å². The normalized spacial score (nSPS) is 12.1. The van der Waals surface area contributed by atoms with Gasteiger partial charge in [-0.2, -0.15) is 0 Å². The zero-order chi connectivity index (χ0) is 22.4. The smallest absolute Gasteiger partial charge is 0.264 e. The number of anilines is 1. The number of rotatable bonds is 8. The number of hydrogen-bond donors (Lipinski definition) is 1. The van der Waals surface area contributed by atoms with Crippen molar-refractivity contribution in [1.82, 2.24) is 5.32 Å². The first-order chi connectivity index (χ1) is 14.8. The summed E-state index contributed by atoms with van der Waals surface area (Å²) in [5.41, 5.74) is 2.23. The summed E-state index contributed by atoms with van der Waals surface area (Å²) in [7, 11) is -2.36. The van der Waals surface area contributed by atoms with E-state index >= 15 is 0 Å². The predicted octanol–water partition coefficient (Wildman–Crippen LogP) is 4.08. The standard InChI is InChI=1S/C24H26N2O4S/c1-18-13-15-20(16-14-18)26(31(28,29)21-9-5-4-6-10-21)17-24(27)25-19(2)22-11-7-8-12-23(22)30-3/h4-16,19H,17H2,1-3H3,(H,25,27)/t19-/m1/s1. The van der Waals surface area contributed by atoms with E-state index in [1.54, 1.807) is 37.4 Å². The molecule has 31 heavy (non-hydrogen) atoms. The molecule has 3 rings (SSSR count). The van der Waals surface area contributed by atoms with E-state index in [1.165, 1.54) is 12.1 Å². The lowest BCUT2D eigenvalue weighted by Gasteiger charge is -2.25. The maximum Gasteiger partial charge on any atom is 0.264 e. The Hall–Kier alpha value is -3.32. The van der Waals surface area contributed by atoms with Gasteiger partial charge in [-0.3, -0.25) is 9.10 Å². The highest BCUT2D eigenvalue weighted by Gasteiger charge is 2.27. The molecule has 1 N–H and O–H groups in total. The number of nitrogens with one attached hydrogen (secondary N) is 1. The van der Waals surface area contributed by atoms with Crippen LogP contribution in [0.25, 0.3) is 0 Å². The van der Waals surface area contributed by atoms with Crippen LogP contribution in [0.1, 0.15) is 24.1 Å². The number of nitrogens with zero attached hydrogens (tertiary/aromatic N) is 1. The molecule has 0 aromatic heterocycles. The molecule has 162 valence electrons. The summed E-state index contributed by atoms with van der Waals surface area (Å²) >= 11 is 0. The highest BCUT2D eigenvalue weighted by Crippen LogP contribution is 2.26. The van der Waals surface area contributed by atoms with E-state index in [-0.39, 0.29) is 17.5 Å². The van der Waals surface area contributed by atoms with Crippen molar-refractivity contribution in [2.75, 3.05) is 18.0 Å². The summed E-state index contributed by atoms with van der Waals surface area (Å²) in [6.07, 6.45) is 0. The lowest BCUT2D eigenvalue weighted by atomic mass is 10.1. The van der Waals surface area contributed by atoms with E-state index in [1.807, 2.05) is 50.2 Å². The summed E-state index contributed by atoms with van der Waals surface area (Å²) < 4.78 is 33.2. The van der Waals surface area contributed by atoms with Gasteiger partial charge >= 0.3 is 0 Å². The van der Waals surface area contributed by atoms with Crippen LogP contribution in [0.5, 0.6) is 5.75 Å². The molecule has 1 amide bonds.